The molecule has 3 aromatic rings. The number of halogens is 1. The molecule has 3 rings (SSSR count). The fourth-order valence-electron chi connectivity index (χ4n) is 2.38. The van der Waals surface area contributed by atoms with Crippen molar-refractivity contribution in [2.24, 2.45) is 0 Å². The number of hydrogen-bond acceptors (Lipinski definition) is 5. The molecule has 0 atom stereocenters. The Morgan fingerprint density at radius 1 is 1.16 bits per heavy atom. The first kappa shape index (κ1) is 17.3. The van der Waals surface area contributed by atoms with Crippen molar-refractivity contribution in [2.75, 3.05) is 12.0 Å². The summed E-state index contributed by atoms with van der Waals surface area (Å²) < 4.78 is 5.90. The van der Waals surface area contributed by atoms with Crippen molar-refractivity contribution in [1.82, 2.24) is 4.98 Å². The lowest BCUT2D eigenvalue weighted by molar-refractivity contribution is 0.414. The molecule has 0 aliphatic heterocycles. The third-order valence-corrected chi connectivity index (χ3v) is 5.24. The van der Waals surface area contributed by atoms with E-state index in [0.29, 0.717) is 16.4 Å². The van der Waals surface area contributed by atoms with Crippen LogP contribution in [0.25, 0.3) is 0 Å². The minimum Gasteiger partial charge on any atom is -0.497 e. The van der Waals surface area contributed by atoms with Gasteiger partial charge in [0.25, 0.3) is 0 Å². The average molecular weight is 370 g/mol. The van der Waals surface area contributed by atoms with E-state index >= 15 is 0 Å². The lowest BCUT2D eigenvalue weighted by atomic mass is 10.1. The highest BCUT2D eigenvalue weighted by molar-refractivity contribution is 7.19. The van der Waals surface area contributed by atoms with Crippen molar-refractivity contribution in [1.29, 1.82) is 5.26 Å². The summed E-state index contributed by atoms with van der Waals surface area (Å²) in [7, 11) is 1.65. The van der Waals surface area contributed by atoms with Crippen LogP contribution < -0.4 is 9.64 Å². The first-order valence-corrected chi connectivity index (χ1v) is 8.83. The fourth-order valence-corrected chi connectivity index (χ4v) is 3.44. The van der Waals surface area contributed by atoms with Crippen molar-refractivity contribution in [2.45, 2.75) is 13.5 Å². The summed E-state index contributed by atoms with van der Waals surface area (Å²) in [5.41, 5.74) is 3.52. The Morgan fingerprint density at radius 3 is 2.36 bits per heavy atom. The van der Waals surface area contributed by atoms with E-state index < -0.39 is 0 Å². The van der Waals surface area contributed by atoms with Crippen LogP contribution in [-0.2, 0) is 6.54 Å². The molecular formula is C19H16ClN3OS. The van der Waals surface area contributed by atoms with Crippen LogP contribution in [0, 0.1) is 18.3 Å². The summed E-state index contributed by atoms with van der Waals surface area (Å²) in [6.07, 6.45) is 0. The molecule has 0 N–H and O–H groups in total. The summed E-state index contributed by atoms with van der Waals surface area (Å²) >= 11 is 7.67. The molecule has 0 saturated heterocycles. The molecule has 1 aromatic heterocycles. The summed E-state index contributed by atoms with van der Waals surface area (Å²) in [5, 5.41) is 9.83. The average Bonchev–Trinajstić information content (AvgIpc) is 2.99. The van der Waals surface area contributed by atoms with Crippen LogP contribution in [-0.4, -0.2) is 12.1 Å². The molecule has 0 saturated carbocycles. The molecule has 0 amide bonds. The Morgan fingerprint density at radius 2 is 1.84 bits per heavy atom. The predicted molar refractivity (Wildman–Crippen MR) is 102 cm³/mol. The number of thiazole rings is 1. The topological polar surface area (TPSA) is 49.1 Å². The molecule has 0 aliphatic carbocycles. The molecule has 0 fully saturated rings. The molecule has 0 unspecified atom stereocenters. The zero-order valence-corrected chi connectivity index (χ0v) is 15.4. The fraction of sp³-hybridized carbons (Fsp3) is 0.158. The second-order valence-corrected chi connectivity index (χ2v) is 7.03. The van der Waals surface area contributed by atoms with E-state index in [9.17, 15) is 0 Å². The maximum Gasteiger partial charge on any atom is 0.191 e. The largest absolute Gasteiger partial charge is 0.497 e. The van der Waals surface area contributed by atoms with E-state index in [1.165, 1.54) is 11.3 Å². The maximum atomic E-state index is 9.01. The number of aryl methyl sites for hydroxylation is 1. The highest BCUT2D eigenvalue weighted by Crippen LogP contribution is 2.35. The predicted octanol–water partition coefficient (Wildman–Crippen LogP) is 5.32. The molecule has 0 aliphatic rings. The van der Waals surface area contributed by atoms with Crippen LogP contribution in [0.5, 0.6) is 5.75 Å². The Kier molecular flexibility index (Phi) is 5.22. The van der Waals surface area contributed by atoms with Crippen molar-refractivity contribution in [3.8, 4) is 11.8 Å². The second-order valence-electron chi connectivity index (χ2n) is 5.45. The molecule has 1 heterocycles. The molecule has 0 bridgehead atoms. The van der Waals surface area contributed by atoms with Crippen molar-refractivity contribution in [3.63, 3.8) is 0 Å². The maximum absolute atomic E-state index is 9.01. The highest BCUT2D eigenvalue weighted by atomic mass is 35.5. The number of methoxy groups -OCH3 is 1. The monoisotopic (exact) mass is 369 g/mol. The van der Waals surface area contributed by atoms with Crippen LogP contribution in [0.15, 0.2) is 48.5 Å². The van der Waals surface area contributed by atoms with E-state index in [4.69, 9.17) is 21.6 Å². The highest BCUT2D eigenvalue weighted by Gasteiger charge is 2.16. The smallest absolute Gasteiger partial charge is 0.191 e. The molecule has 0 radical (unpaired) electrons. The minimum absolute atomic E-state index is 0.626. The van der Waals surface area contributed by atoms with Crippen molar-refractivity contribution in [3.05, 3.63) is 69.7 Å². The van der Waals surface area contributed by atoms with Gasteiger partial charge in [-0.15, -0.1) is 0 Å². The summed E-state index contributed by atoms with van der Waals surface area (Å²) in [4.78, 5) is 6.67. The van der Waals surface area contributed by atoms with Gasteiger partial charge in [-0.2, -0.15) is 5.26 Å². The molecule has 126 valence electrons. The van der Waals surface area contributed by atoms with Gasteiger partial charge in [0.15, 0.2) is 5.13 Å². The van der Waals surface area contributed by atoms with Gasteiger partial charge in [0.05, 0.1) is 31.0 Å². The van der Waals surface area contributed by atoms with Gasteiger partial charge in [-0.25, -0.2) is 4.98 Å². The SMILES string of the molecule is COc1ccc(CN(c2ccc(C#N)cc2)c2nc(C)c(Cl)s2)cc1. The zero-order valence-electron chi connectivity index (χ0n) is 13.9. The van der Waals surface area contributed by atoms with Gasteiger partial charge in [-0.05, 0) is 48.9 Å². The lowest BCUT2D eigenvalue weighted by Crippen LogP contribution is -2.16. The molecule has 4 nitrogen and oxygen atoms in total. The standard InChI is InChI=1S/C19H16ClN3OS/c1-13-18(20)25-19(22-13)23(16-7-3-14(11-21)4-8-16)12-15-5-9-17(24-2)10-6-15/h3-10H,12H2,1-2H3. The number of aromatic nitrogens is 1. The minimum atomic E-state index is 0.626. The first-order chi connectivity index (χ1) is 12.1. The normalized spacial score (nSPS) is 10.3. The van der Waals surface area contributed by atoms with E-state index in [-0.39, 0.29) is 0 Å². The van der Waals surface area contributed by atoms with Crippen LogP contribution in [0.4, 0.5) is 10.8 Å². The first-order valence-electron chi connectivity index (χ1n) is 7.64. The number of anilines is 2. The zero-order chi connectivity index (χ0) is 17.8. The number of ether oxygens (including phenoxy) is 1. The van der Waals surface area contributed by atoms with Gasteiger partial charge >= 0.3 is 0 Å². The molecule has 2 aromatic carbocycles. The van der Waals surface area contributed by atoms with E-state index in [2.05, 4.69) is 16.0 Å². The molecular weight excluding hydrogens is 354 g/mol. The van der Waals surface area contributed by atoms with E-state index in [1.54, 1.807) is 19.2 Å². The van der Waals surface area contributed by atoms with Crippen LogP contribution in [0.3, 0.4) is 0 Å². The van der Waals surface area contributed by atoms with Gasteiger partial charge in [-0.3, -0.25) is 0 Å². The van der Waals surface area contributed by atoms with Gasteiger partial charge < -0.3 is 9.64 Å². The summed E-state index contributed by atoms with van der Waals surface area (Å²) in [5.74, 6) is 0.821. The Balaban J connectivity index is 1.96. The van der Waals surface area contributed by atoms with Gasteiger partial charge in [-0.1, -0.05) is 35.1 Å². The lowest BCUT2D eigenvalue weighted by Gasteiger charge is -2.22. The summed E-state index contributed by atoms with van der Waals surface area (Å²) in [6, 6.07) is 17.5. The Bertz CT molecular complexity index is 878. The Hall–Kier alpha value is -2.55. The molecule has 6 heteroatoms. The number of nitrogens with zero attached hydrogens (tertiary/aromatic N) is 3. The van der Waals surface area contributed by atoms with Crippen LogP contribution >= 0.6 is 22.9 Å². The van der Waals surface area contributed by atoms with Gasteiger partial charge in [0, 0.05) is 5.69 Å². The quantitative estimate of drug-likeness (QED) is 0.610. The van der Waals surface area contributed by atoms with Crippen LogP contribution in [0.2, 0.25) is 4.34 Å². The number of nitriles is 1. The van der Waals surface area contributed by atoms with Gasteiger partial charge in [0.1, 0.15) is 10.1 Å². The Labute approximate surface area is 155 Å². The number of benzene rings is 2. The van der Waals surface area contributed by atoms with E-state index in [0.717, 1.165) is 27.8 Å². The van der Waals surface area contributed by atoms with Gasteiger partial charge in [0.2, 0.25) is 0 Å². The van der Waals surface area contributed by atoms with Crippen LogP contribution in [0.1, 0.15) is 16.8 Å². The van der Waals surface area contributed by atoms with E-state index in [1.807, 2.05) is 43.3 Å². The third kappa shape index (κ3) is 3.93. The number of hydrogen-bond donors (Lipinski definition) is 0. The third-order valence-electron chi connectivity index (χ3n) is 3.77. The second kappa shape index (κ2) is 7.56. The van der Waals surface area contributed by atoms with Crippen molar-refractivity contribution < 1.29 is 4.74 Å². The number of rotatable bonds is 5. The molecule has 25 heavy (non-hydrogen) atoms. The summed E-state index contributed by atoms with van der Waals surface area (Å²) in [6.45, 7) is 2.53. The molecule has 0 spiro atoms. The van der Waals surface area contributed by atoms with Crippen molar-refractivity contribution >= 4 is 33.8 Å².